The highest BCUT2D eigenvalue weighted by Crippen LogP contribution is 2.19. The Morgan fingerprint density at radius 3 is 1.85 bits per heavy atom. The van der Waals surface area contributed by atoms with E-state index in [1.165, 1.54) is 0 Å². The van der Waals surface area contributed by atoms with Crippen molar-refractivity contribution in [2.24, 2.45) is 0 Å². The highest BCUT2D eigenvalue weighted by Gasteiger charge is 2.06. The average molecular weight is 358 g/mol. The van der Waals surface area contributed by atoms with Crippen LogP contribution in [0.2, 0.25) is 0 Å². The molecule has 0 aromatic heterocycles. The van der Waals surface area contributed by atoms with Crippen LogP contribution in [-0.4, -0.2) is 24.9 Å². The van der Waals surface area contributed by atoms with Crippen molar-refractivity contribution in [3.8, 4) is 11.1 Å². The fraction of sp³-hybridized carbons (Fsp3) is 0.130. The van der Waals surface area contributed by atoms with Crippen molar-refractivity contribution in [2.75, 3.05) is 13.1 Å². The van der Waals surface area contributed by atoms with Crippen molar-refractivity contribution in [1.29, 1.82) is 0 Å². The maximum absolute atomic E-state index is 12.1. The number of hydrogen-bond acceptors (Lipinski definition) is 2. The molecular formula is C23H22N2O2. The zero-order valence-electron chi connectivity index (χ0n) is 15.0. The smallest absolute Gasteiger partial charge is 0.251 e. The normalized spacial score (nSPS) is 10.2. The summed E-state index contributed by atoms with van der Waals surface area (Å²) in [7, 11) is 0. The van der Waals surface area contributed by atoms with E-state index in [1.54, 1.807) is 12.1 Å². The van der Waals surface area contributed by atoms with E-state index in [0.717, 1.165) is 16.7 Å². The van der Waals surface area contributed by atoms with E-state index in [4.69, 9.17) is 0 Å². The van der Waals surface area contributed by atoms with Gasteiger partial charge in [-0.15, -0.1) is 0 Å². The van der Waals surface area contributed by atoms with E-state index in [2.05, 4.69) is 22.8 Å². The number of nitrogens with one attached hydrogen (secondary N) is 2. The molecule has 0 saturated heterocycles. The van der Waals surface area contributed by atoms with E-state index in [9.17, 15) is 9.59 Å². The molecule has 0 aliphatic heterocycles. The van der Waals surface area contributed by atoms with Crippen LogP contribution in [0.3, 0.4) is 0 Å². The van der Waals surface area contributed by atoms with Gasteiger partial charge in [0.2, 0.25) is 5.91 Å². The van der Waals surface area contributed by atoms with Gasteiger partial charge in [0.1, 0.15) is 0 Å². The van der Waals surface area contributed by atoms with Crippen LogP contribution in [0.1, 0.15) is 15.9 Å². The van der Waals surface area contributed by atoms with Crippen LogP contribution in [0, 0.1) is 0 Å². The minimum absolute atomic E-state index is 0.0589. The monoisotopic (exact) mass is 358 g/mol. The van der Waals surface area contributed by atoms with Gasteiger partial charge in [-0.25, -0.2) is 0 Å². The van der Waals surface area contributed by atoms with E-state index in [1.807, 2.05) is 60.7 Å². The number of rotatable bonds is 7. The topological polar surface area (TPSA) is 58.2 Å². The molecule has 136 valence electrons. The molecule has 4 nitrogen and oxygen atoms in total. The van der Waals surface area contributed by atoms with E-state index >= 15 is 0 Å². The molecule has 2 N–H and O–H groups in total. The van der Waals surface area contributed by atoms with Gasteiger partial charge in [0, 0.05) is 18.7 Å². The minimum atomic E-state index is -0.138. The van der Waals surface area contributed by atoms with Crippen molar-refractivity contribution >= 4 is 11.8 Å². The summed E-state index contributed by atoms with van der Waals surface area (Å²) in [4.78, 5) is 24.0. The largest absolute Gasteiger partial charge is 0.354 e. The Balaban J connectivity index is 1.41. The second kappa shape index (κ2) is 9.34. The number of carbonyl (C=O) groups is 2. The fourth-order valence-electron chi connectivity index (χ4n) is 2.76. The molecule has 3 rings (SSSR count). The Labute approximate surface area is 159 Å². The molecular weight excluding hydrogens is 336 g/mol. The summed E-state index contributed by atoms with van der Waals surface area (Å²) in [6.07, 6.45) is 0.321. The van der Waals surface area contributed by atoms with Crippen molar-refractivity contribution < 1.29 is 9.59 Å². The lowest BCUT2D eigenvalue weighted by atomic mass is 10.0. The first kappa shape index (κ1) is 18.4. The number of amides is 2. The minimum Gasteiger partial charge on any atom is -0.354 e. The van der Waals surface area contributed by atoms with Crippen molar-refractivity contribution in [3.63, 3.8) is 0 Å². The molecule has 0 aliphatic carbocycles. The van der Waals surface area contributed by atoms with Crippen LogP contribution in [-0.2, 0) is 11.2 Å². The van der Waals surface area contributed by atoms with Crippen LogP contribution >= 0.6 is 0 Å². The molecule has 0 aliphatic rings. The molecule has 0 bridgehead atoms. The predicted molar refractivity (Wildman–Crippen MR) is 107 cm³/mol. The zero-order chi connectivity index (χ0) is 18.9. The Hall–Kier alpha value is -3.40. The number of hydrogen-bond donors (Lipinski definition) is 2. The van der Waals surface area contributed by atoms with Gasteiger partial charge >= 0.3 is 0 Å². The highest BCUT2D eigenvalue weighted by atomic mass is 16.2. The first-order valence-corrected chi connectivity index (χ1v) is 8.97. The average Bonchev–Trinajstić information content (AvgIpc) is 2.73. The van der Waals surface area contributed by atoms with Gasteiger partial charge in [-0.3, -0.25) is 9.59 Å². The molecule has 0 heterocycles. The summed E-state index contributed by atoms with van der Waals surface area (Å²) in [5.41, 5.74) is 3.86. The summed E-state index contributed by atoms with van der Waals surface area (Å²) < 4.78 is 0. The number of carbonyl (C=O) groups excluding carboxylic acids is 2. The van der Waals surface area contributed by atoms with Crippen molar-refractivity contribution in [1.82, 2.24) is 10.6 Å². The molecule has 27 heavy (non-hydrogen) atoms. The molecule has 3 aromatic rings. The van der Waals surface area contributed by atoms with E-state index in [-0.39, 0.29) is 11.8 Å². The maximum Gasteiger partial charge on any atom is 0.251 e. The van der Waals surface area contributed by atoms with E-state index < -0.39 is 0 Å². The molecule has 0 radical (unpaired) electrons. The molecule has 0 spiro atoms. The molecule has 2 amide bonds. The third-order valence-electron chi connectivity index (χ3n) is 4.19. The molecule has 0 unspecified atom stereocenters. The highest BCUT2D eigenvalue weighted by molar-refractivity contribution is 5.94. The van der Waals surface area contributed by atoms with E-state index in [0.29, 0.717) is 25.1 Å². The lowest BCUT2D eigenvalue weighted by Gasteiger charge is -2.08. The Bertz CT molecular complexity index is 875. The zero-order valence-corrected chi connectivity index (χ0v) is 15.0. The van der Waals surface area contributed by atoms with Gasteiger partial charge in [0.05, 0.1) is 6.42 Å². The summed E-state index contributed by atoms with van der Waals surface area (Å²) in [6, 6.07) is 27.1. The molecule has 0 atom stereocenters. The van der Waals surface area contributed by atoms with Crippen LogP contribution in [0.15, 0.2) is 84.9 Å². The summed E-state index contributed by atoms with van der Waals surface area (Å²) in [5.74, 6) is -0.197. The Kier molecular flexibility index (Phi) is 6.36. The quantitative estimate of drug-likeness (QED) is 0.636. The number of benzene rings is 3. The van der Waals surface area contributed by atoms with Crippen LogP contribution < -0.4 is 10.6 Å². The molecule has 0 fully saturated rings. The van der Waals surface area contributed by atoms with Gasteiger partial charge in [0.15, 0.2) is 0 Å². The fourth-order valence-corrected chi connectivity index (χ4v) is 2.76. The molecule has 0 saturated carbocycles. The maximum atomic E-state index is 12.1. The standard InChI is InChI=1S/C23H22N2O2/c26-22(24-15-16-25-23(27)21-9-5-2-6-10-21)17-18-11-13-20(14-12-18)19-7-3-1-4-8-19/h1-14H,15-17H2,(H,24,26)(H,25,27). The lowest BCUT2D eigenvalue weighted by molar-refractivity contribution is -0.120. The molecule has 4 heteroatoms. The third kappa shape index (κ3) is 5.54. The Morgan fingerprint density at radius 2 is 1.19 bits per heavy atom. The van der Waals surface area contributed by atoms with Gasteiger partial charge in [0.25, 0.3) is 5.91 Å². The van der Waals surface area contributed by atoms with Gasteiger partial charge in [-0.05, 0) is 28.8 Å². The van der Waals surface area contributed by atoms with Crippen LogP contribution in [0.4, 0.5) is 0 Å². The third-order valence-corrected chi connectivity index (χ3v) is 4.19. The van der Waals surface area contributed by atoms with Crippen molar-refractivity contribution in [3.05, 3.63) is 96.1 Å². The second-order valence-corrected chi connectivity index (χ2v) is 6.21. The SMILES string of the molecule is O=C(Cc1ccc(-c2ccccc2)cc1)NCCNC(=O)c1ccccc1. The molecule has 3 aromatic carbocycles. The lowest BCUT2D eigenvalue weighted by Crippen LogP contribution is -2.35. The summed E-state index contributed by atoms with van der Waals surface area (Å²) in [6.45, 7) is 0.798. The second-order valence-electron chi connectivity index (χ2n) is 6.21. The van der Waals surface area contributed by atoms with Crippen molar-refractivity contribution in [2.45, 2.75) is 6.42 Å². The van der Waals surface area contributed by atoms with Crippen LogP contribution in [0.5, 0.6) is 0 Å². The van der Waals surface area contributed by atoms with Gasteiger partial charge in [-0.1, -0.05) is 72.8 Å². The summed E-state index contributed by atoms with van der Waals surface area (Å²) >= 11 is 0. The first-order valence-electron chi connectivity index (χ1n) is 8.97. The Morgan fingerprint density at radius 1 is 0.630 bits per heavy atom. The summed E-state index contributed by atoms with van der Waals surface area (Å²) in [5, 5.41) is 5.62. The van der Waals surface area contributed by atoms with Crippen LogP contribution in [0.25, 0.3) is 11.1 Å². The van der Waals surface area contributed by atoms with Gasteiger partial charge < -0.3 is 10.6 Å². The predicted octanol–water partition coefficient (Wildman–Crippen LogP) is 3.44. The first-order chi connectivity index (χ1) is 13.2. The van der Waals surface area contributed by atoms with Gasteiger partial charge in [-0.2, -0.15) is 0 Å².